The van der Waals surface area contributed by atoms with E-state index in [1.165, 1.54) is 23.9 Å². The van der Waals surface area contributed by atoms with Gasteiger partial charge in [-0.2, -0.15) is 0 Å². The molecule has 0 aliphatic heterocycles. The van der Waals surface area contributed by atoms with E-state index in [1.807, 2.05) is 27.7 Å². The molecule has 0 aliphatic carbocycles. The quantitative estimate of drug-likeness (QED) is 0.787. The number of anilines is 1. The average molecular weight is 336 g/mol. The second-order valence-corrected chi connectivity index (χ2v) is 7.05. The van der Waals surface area contributed by atoms with Crippen LogP contribution in [-0.2, 0) is 4.79 Å². The summed E-state index contributed by atoms with van der Waals surface area (Å²) < 4.78 is 12.9. The van der Waals surface area contributed by atoms with Crippen LogP contribution in [0.15, 0.2) is 29.4 Å². The Kier molecular flexibility index (Phi) is 5.76. The Hall–Kier alpha value is -1.89. The number of carbonyl (C=O) groups is 1. The molecular formula is C16H21FN4OS. The van der Waals surface area contributed by atoms with Crippen LogP contribution in [0, 0.1) is 11.7 Å². The minimum absolute atomic E-state index is 0.0986. The van der Waals surface area contributed by atoms with Crippen molar-refractivity contribution in [2.24, 2.45) is 5.92 Å². The Morgan fingerprint density at radius 2 is 1.87 bits per heavy atom. The lowest BCUT2D eigenvalue weighted by Gasteiger charge is -2.18. The summed E-state index contributed by atoms with van der Waals surface area (Å²) in [5.74, 6) is 0.671. The maximum Gasteiger partial charge on any atom is 0.238 e. The fraction of sp³-hybridized carbons (Fsp3) is 0.438. The van der Waals surface area contributed by atoms with E-state index in [1.54, 1.807) is 12.1 Å². The molecule has 0 spiro atoms. The van der Waals surface area contributed by atoms with Gasteiger partial charge in [0.05, 0.1) is 5.25 Å². The number of rotatable bonds is 6. The van der Waals surface area contributed by atoms with Gasteiger partial charge in [0.25, 0.3) is 0 Å². The van der Waals surface area contributed by atoms with E-state index in [0.29, 0.717) is 10.8 Å². The highest BCUT2D eigenvalue weighted by atomic mass is 32.2. The first kappa shape index (κ1) is 17.5. The summed E-state index contributed by atoms with van der Waals surface area (Å²) in [4.78, 5) is 16.9. The zero-order valence-electron chi connectivity index (χ0n) is 13.6. The molecule has 0 fully saturated rings. The van der Waals surface area contributed by atoms with Crippen molar-refractivity contribution in [1.82, 2.24) is 15.2 Å². The van der Waals surface area contributed by atoms with Crippen LogP contribution in [0.4, 0.5) is 10.1 Å². The van der Waals surface area contributed by atoms with Crippen LogP contribution in [0.1, 0.15) is 39.4 Å². The Morgan fingerprint density at radius 3 is 2.39 bits per heavy atom. The molecule has 23 heavy (non-hydrogen) atoms. The molecule has 2 N–H and O–H groups in total. The van der Waals surface area contributed by atoms with E-state index < -0.39 is 0 Å². The minimum atomic E-state index is -0.337. The predicted molar refractivity (Wildman–Crippen MR) is 90.0 cm³/mol. The summed E-state index contributed by atoms with van der Waals surface area (Å²) in [5, 5.41) is 10.1. The number of nitrogens with one attached hydrogen (secondary N) is 2. The molecule has 1 amide bonds. The highest BCUT2D eigenvalue weighted by Gasteiger charge is 2.25. The van der Waals surface area contributed by atoms with Crippen molar-refractivity contribution in [3.05, 3.63) is 35.9 Å². The Morgan fingerprint density at radius 1 is 1.22 bits per heavy atom. The van der Waals surface area contributed by atoms with Crippen molar-refractivity contribution in [2.75, 3.05) is 5.32 Å². The molecule has 1 heterocycles. The van der Waals surface area contributed by atoms with Crippen LogP contribution in [0.2, 0.25) is 0 Å². The number of hydrogen-bond donors (Lipinski definition) is 2. The molecule has 1 unspecified atom stereocenters. The molecule has 5 nitrogen and oxygen atoms in total. The van der Waals surface area contributed by atoms with Gasteiger partial charge >= 0.3 is 0 Å². The van der Waals surface area contributed by atoms with Gasteiger partial charge in [-0.25, -0.2) is 9.37 Å². The lowest BCUT2D eigenvalue weighted by Crippen LogP contribution is -2.29. The van der Waals surface area contributed by atoms with E-state index in [0.717, 1.165) is 5.82 Å². The highest BCUT2D eigenvalue weighted by Crippen LogP contribution is 2.27. The maximum absolute atomic E-state index is 12.9. The molecule has 1 aromatic heterocycles. The normalized spacial score (nSPS) is 12.7. The summed E-state index contributed by atoms with van der Waals surface area (Å²) in [6.07, 6.45) is 0. The van der Waals surface area contributed by atoms with E-state index in [4.69, 9.17) is 0 Å². The number of nitrogens with zero attached hydrogens (tertiary/aromatic N) is 2. The first-order valence-electron chi connectivity index (χ1n) is 7.52. The number of aromatic nitrogens is 3. The maximum atomic E-state index is 12.9. The highest BCUT2D eigenvalue weighted by molar-refractivity contribution is 8.00. The second-order valence-electron chi connectivity index (χ2n) is 5.94. The number of halogens is 1. The van der Waals surface area contributed by atoms with Crippen molar-refractivity contribution in [3.8, 4) is 0 Å². The lowest BCUT2D eigenvalue weighted by atomic mass is 10.1. The molecule has 124 valence electrons. The summed E-state index contributed by atoms with van der Waals surface area (Å²) in [7, 11) is 0. The van der Waals surface area contributed by atoms with Crippen molar-refractivity contribution < 1.29 is 9.18 Å². The van der Waals surface area contributed by atoms with Gasteiger partial charge in [-0.1, -0.05) is 39.5 Å². The van der Waals surface area contributed by atoms with Crippen LogP contribution in [0.3, 0.4) is 0 Å². The van der Waals surface area contributed by atoms with E-state index >= 15 is 0 Å². The first-order chi connectivity index (χ1) is 10.9. The van der Waals surface area contributed by atoms with Gasteiger partial charge in [0.15, 0.2) is 0 Å². The number of benzene rings is 1. The fourth-order valence-corrected chi connectivity index (χ4v) is 2.84. The Bertz CT molecular complexity index is 654. The van der Waals surface area contributed by atoms with Gasteiger partial charge in [-0.3, -0.25) is 9.89 Å². The van der Waals surface area contributed by atoms with Gasteiger partial charge in [-0.05, 0) is 30.2 Å². The summed E-state index contributed by atoms with van der Waals surface area (Å²) >= 11 is 1.33. The summed E-state index contributed by atoms with van der Waals surface area (Å²) in [5.41, 5.74) is 0.570. The molecule has 0 saturated carbocycles. The van der Waals surface area contributed by atoms with Crippen LogP contribution >= 0.6 is 11.8 Å². The molecule has 0 aliphatic rings. The number of carbonyl (C=O) groups excluding carboxylic acids is 1. The van der Waals surface area contributed by atoms with Crippen LogP contribution in [0.5, 0.6) is 0 Å². The van der Waals surface area contributed by atoms with Gasteiger partial charge in [-0.15, -0.1) is 5.10 Å². The number of aromatic amines is 1. The predicted octanol–water partition coefficient (Wildman–Crippen LogP) is 3.82. The van der Waals surface area contributed by atoms with Gasteiger partial charge in [0.2, 0.25) is 11.1 Å². The average Bonchev–Trinajstić information content (AvgIpc) is 2.95. The van der Waals surface area contributed by atoms with Crippen molar-refractivity contribution in [1.29, 1.82) is 0 Å². The third kappa shape index (κ3) is 4.79. The molecule has 0 saturated heterocycles. The molecule has 7 heteroatoms. The monoisotopic (exact) mass is 336 g/mol. The number of thioether (sulfide) groups is 1. The smallest absolute Gasteiger partial charge is 0.238 e. The third-order valence-electron chi connectivity index (χ3n) is 3.24. The number of H-pyrrole nitrogens is 1. The largest absolute Gasteiger partial charge is 0.325 e. The van der Waals surface area contributed by atoms with Crippen LogP contribution < -0.4 is 5.32 Å². The van der Waals surface area contributed by atoms with Crippen LogP contribution in [-0.4, -0.2) is 26.3 Å². The Balaban J connectivity index is 2.07. The standard InChI is InChI=1S/C16H21FN4OS/c1-9(2)13(23-16-19-14(10(3)4)20-21-16)15(22)18-12-7-5-11(17)6-8-12/h5-10,13H,1-4H3,(H,18,22)(H,19,20,21). The zero-order valence-corrected chi connectivity index (χ0v) is 14.4. The minimum Gasteiger partial charge on any atom is -0.325 e. The van der Waals surface area contributed by atoms with E-state index in [2.05, 4.69) is 20.5 Å². The summed E-state index contributed by atoms with van der Waals surface area (Å²) in [6.45, 7) is 7.99. The lowest BCUT2D eigenvalue weighted by molar-refractivity contribution is -0.116. The molecule has 2 aromatic rings. The number of amides is 1. The van der Waals surface area contributed by atoms with Crippen molar-refractivity contribution in [3.63, 3.8) is 0 Å². The molecule has 1 aromatic carbocycles. The summed E-state index contributed by atoms with van der Waals surface area (Å²) in [6, 6.07) is 5.71. The molecule has 2 rings (SSSR count). The Labute approximate surface area is 139 Å². The second kappa shape index (κ2) is 7.59. The fourth-order valence-electron chi connectivity index (χ4n) is 1.92. The third-order valence-corrected chi connectivity index (χ3v) is 4.64. The van der Waals surface area contributed by atoms with E-state index in [9.17, 15) is 9.18 Å². The van der Waals surface area contributed by atoms with Crippen molar-refractivity contribution in [2.45, 2.75) is 44.0 Å². The van der Waals surface area contributed by atoms with Crippen LogP contribution in [0.25, 0.3) is 0 Å². The van der Waals surface area contributed by atoms with Gasteiger partial charge in [0.1, 0.15) is 11.6 Å². The van der Waals surface area contributed by atoms with E-state index in [-0.39, 0.29) is 28.8 Å². The topological polar surface area (TPSA) is 70.7 Å². The molecule has 1 atom stereocenters. The number of hydrogen-bond acceptors (Lipinski definition) is 4. The zero-order chi connectivity index (χ0) is 17.0. The van der Waals surface area contributed by atoms with Crippen molar-refractivity contribution >= 4 is 23.4 Å². The SMILES string of the molecule is CC(C)c1nc(SC(C(=O)Nc2ccc(F)cc2)C(C)C)n[nH]1. The molecular weight excluding hydrogens is 315 g/mol. The molecule has 0 radical (unpaired) electrons. The molecule has 0 bridgehead atoms. The van der Waals surface area contributed by atoms with Gasteiger partial charge in [0, 0.05) is 11.6 Å². The van der Waals surface area contributed by atoms with Gasteiger partial charge < -0.3 is 5.32 Å². The first-order valence-corrected chi connectivity index (χ1v) is 8.40.